The molecule has 1 aliphatic rings. The normalized spacial score (nSPS) is 27.0. The Balaban J connectivity index is 1.98. The van der Waals surface area contributed by atoms with Crippen molar-refractivity contribution in [3.63, 3.8) is 0 Å². The molecule has 0 aromatic heterocycles. The first kappa shape index (κ1) is 6.99. The molecule has 54 valence electrons. The minimum absolute atomic E-state index is 0.563. The van der Waals surface area contributed by atoms with Crippen molar-refractivity contribution in [2.45, 2.75) is 12.5 Å². The predicted molar refractivity (Wildman–Crippen MR) is 36.3 cm³/mol. The molecule has 3 nitrogen and oxygen atoms in total. The highest BCUT2D eigenvalue weighted by atomic mass is 16.5. The highest BCUT2D eigenvalue weighted by molar-refractivity contribution is 4.70. The second-order valence-electron chi connectivity index (χ2n) is 2.30. The predicted octanol–water partition coefficient (Wildman–Crippen LogP) is -0.676. The van der Waals surface area contributed by atoms with Crippen LogP contribution >= 0.6 is 0 Å². The second-order valence-corrected chi connectivity index (χ2v) is 2.30. The summed E-state index contributed by atoms with van der Waals surface area (Å²) in [5, 5.41) is 3.28. The van der Waals surface area contributed by atoms with E-state index in [1.165, 1.54) is 0 Å². The molecular weight excluding hydrogens is 116 g/mol. The van der Waals surface area contributed by atoms with E-state index in [1.807, 2.05) is 0 Å². The van der Waals surface area contributed by atoms with Crippen LogP contribution in [0.1, 0.15) is 6.42 Å². The van der Waals surface area contributed by atoms with Crippen LogP contribution in [0.25, 0.3) is 0 Å². The van der Waals surface area contributed by atoms with Crippen LogP contribution < -0.4 is 11.1 Å². The van der Waals surface area contributed by atoms with Gasteiger partial charge in [-0.1, -0.05) is 0 Å². The van der Waals surface area contributed by atoms with Crippen molar-refractivity contribution < 1.29 is 4.74 Å². The fourth-order valence-corrected chi connectivity index (χ4v) is 0.983. The average Bonchev–Trinajstić information content (AvgIpc) is 2.34. The Morgan fingerprint density at radius 1 is 1.67 bits per heavy atom. The van der Waals surface area contributed by atoms with Gasteiger partial charge in [0.25, 0.3) is 0 Å². The molecule has 3 N–H and O–H groups in total. The van der Waals surface area contributed by atoms with Gasteiger partial charge in [-0.3, -0.25) is 0 Å². The monoisotopic (exact) mass is 130 g/mol. The van der Waals surface area contributed by atoms with Crippen molar-refractivity contribution in [3.05, 3.63) is 0 Å². The molecule has 9 heavy (non-hydrogen) atoms. The minimum atomic E-state index is 0.563. The Morgan fingerprint density at radius 3 is 3.11 bits per heavy atom. The number of nitrogens with one attached hydrogen (secondary N) is 1. The summed E-state index contributed by atoms with van der Waals surface area (Å²) in [6.07, 6.45) is 1.14. The van der Waals surface area contributed by atoms with E-state index in [2.05, 4.69) is 5.32 Å². The molecule has 1 rings (SSSR count). The van der Waals surface area contributed by atoms with E-state index < -0.39 is 0 Å². The summed E-state index contributed by atoms with van der Waals surface area (Å²) in [7, 11) is 0. The van der Waals surface area contributed by atoms with Crippen LogP contribution in [0.3, 0.4) is 0 Å². The van der Waals surface area contributed by atoms with Crippen molar-refractivity contribution in [2.75, 3.05) is 26.3 Å². The highest BCUT2D eigenvalue weighted by Crippen LogP contribution is 2.01. The molecule has 1 atom stereocenters. The third-order valence-electron chi connectivity index (χ3n) is 1.51. The van der Waals surface area contributed by atoms with Gasteiger partial charge in [0.05, 0.1) is 6.61 Å². The first-order chi connectivity index (χ1) is 4.43. The molecule has 0 aliphatic carbocycles. The van der Waals surface area contributed by atoms with Gasteiger partial charge in [0, 0.05) is 25.7 Å². The molecule has 0 amide bonds. The standard InChI is InChI=1S/C6H14N2O/c7-2-3-8-6-1-4-9-5-6/h6,8H,1-5,7H2. The largest absolute Gasteiger partial charge is 0.380 e. The maximum absolute atomic E-state index is 5.30. The zero-order chi connectivity index (χ0) is 6.53. The average molecular weight is 130 g/mol. The SMILES string of the molecule is NCCNC1CCOC1. The van der Waals surface area contributed by atoms with Crippen LogP contribution in [-0.4, -0.2) is 32.3 Å². The lowest BCUT2D eigenvalue weighted by Gasteiger charge is -2.07. The Kier molecular flexibility index (Phi) is 2.97. The number of hydrogen-bond donors (Lipinski definition) is 2. The van der Waals surface area contributed by atoms with Gasteiger partial charge in [-0.05, 0) is 6.42 Å². The minimum Gasteiger partial charge on any atom is -0.380 e. The molecule has 0 bridgehead atoms. The molecular formula is C6H14N2O. The third-order valence-corrected chi connectivity index (χ3v) is 1.51. The van der Waals surface area contributed by atoms with Crippen LogP contribution in [0, 0.1) is 0 Å². The van der Waals surface area contributed by atoms with Crippen molar-refractivity contribution in [1.29, 1.82) is 0 Å². The maximum Gasteiger partial charge on any atom is 0.0620 e. The lowest BCUT2D eigenvalue weighted by molar-refractivity contribution is 0.190. The highest BCUT2D eigenvalue weighted by Gasteiger charge is 2.13. The second kappa shape index (κ2) is 3.82. The molecule has 0 aromatic rings. The van der Waals surface area contributed by atoms with Crippen LogP contribution in [0.4, 0.5) is 0 Å². The fraction of sp³-hybridized carbons (Fsp3) is 1.00. The summed E-state index contributed by atoms with van der Waals surface area (Å²) in [5.41, 5.74) is 5.30. The Hall–Kier alpha value is -0.120. The van der Waals surface area contributed by atoms with Crippen molar-refractivity contribution in [1.82, 2.24) is 5.32 Å². The van der Waals surface area contributed by atoms with Crippen molar-refractivity contribution in [3.8, 4) is 0 Å². The van der Waals surface area contributed by atoms with Crippen LogP contribution in [0.15, 0.2) is 0 Å². The van der Waals surface area contributed by atoms with Gasteiger partial charge < -0.3 is 15.8 Å². The fourth-order valence-electron chi connectivity index (χ4n) is 0.983. The smallest absolute Gasteiger partial charge is 0.0620 e. The molecule has 1 fully saturated rings. The quantitative estimate of drug-likeness (QED) is 0.532. The number of ether oxygens (including phenoxy) is 1. The van der Waals surface area contributed by atoms with Gasteiger partial charge in [0.2, 0.25) is 0 Å². The summed E-state index contributed by atoms with van der Waals surface area (Å²) in [4.78, 5) is 0. The van der Waals surface area contributed by atoms with E-state index in [0.29, 0.717) is 6.04 Å². The molecule has 3 heteroatoms. The summed E-state index contributed by atoms with van der Waals surface area (Å²) in [6.45, 7) is 3.40. The molecule has 0 radical (unpaired) electrons. The lowest BCUT2D eigenvalue weighted by atomic mass is 10.3. The van der Waals surface area contributed by atoms with Crippen molar-refractivity contribution in [2.24, 2.45) is 5.73 Å². The molecule has 1 saturated heterocycles. The molecule has 1 aliphatic heterocycles. The summed E-state index contributed by atoms with van der Waals surface area (Å²) >= 11 is 0. The molecule has 0 spiro atoms. The van der Waals surface area contributed by atoms with E-state index in [1.54, 1.807) is 0 Å². The summed E-state index contributed by atoms with van der Waals surface area (Å²) in [5.74, 6) is 0. The van der Waals surface area contributed by atoms with E-state index in [9.17, 15) is 0 Å². The van der Waals surface area contributed by atoms with Gasteiger partial charge in [-0.25, -0.2) is 0 Å². The van der Waals surface area contributed by atoms with Gasteiger partial charge >= 0.3 is 0 Å². The molecule has 1 unspecified atom stereocenters. The van der Waals surface area contributed by atoms with E-state index >= 15 is 0 Å². The number of nitrogens with two attached hydrogens (primary N) is 1. The van der Waals surface area contributed by atoms with Gasteiger partial charge in [0.15, 0.2) is 0 Å². The molecule has 1 heterocycles. The Morgan fingerprint density at radius 2 is 2.56 bits per heavy atom. The van der Waals surface area contributed by atoms with E-state index in [0.717, 1.165) is 32.7 Å². The van der Waals surface area contributed by atoms with Gasteiger partial charge in [-0.15, -0.1) is 0 Å². The summed E-state index contributed by atoms with van der Waals surface area (Å²) in [6, 6.07) is 0.563. The van der Waals surface area contributed by atoms with E-state index in [-0.39, 0.29) is 0 Å². The third kappa shape index (κ3) is 2.30. The van der Waals surface area contributed by atoms with Gasteiger partial charge in [-0.2, -0.15) is 0 Å². The van der Waals surface area contributed by atoms with Crippen LogP contribution in [0.5, 0.6) is 0 Å². The van der Waals surface area contributed by atoms with Crippen LogP contribution in [0.2, 0.25) is 0 Å². The zero-order valence-electron chi connectivity index (χ0n) is 5.60. The number of rotatable bonds is 3. The first-order valence-electron chi connectivity index (χ1n) is 3.44. The Bertz CT molecular complexity index is 71.5. The zero-order valence-corrected chi connectivity index (χ0v) is 5.60. The number of hydrogen-bond acceptors (Lipinski definition) is 3. The topological polar surface area (TPSA) is 47.3 Å². The van der Waals surface area contributed by atoms with Crippen LogP contribution in [-0.2, 0) is 4.74 Å². The van der Waals surface area contributed by atoms with Gasteiger partial charge in [0.1, 0.15) is 0 Å². The molecule has 0 aromatic carbocycles. The first-order valence-corrected chi connectivity index (χ1v) is 3.44. The maximum atomic E-state index is 5.30. The summed E-state index contributed by atoms with van der Waals surface area (Å²) < 4.78 is 5.15. The Labute approximate surface area is 55.6 Å². The van der Waals surface area contributed by atoms with Crippen molar-refractivity contribution >= 4 is 0 Å². The van der Waals surface area contributed by atoms with E-state index in [4.69, 9.17) is 10.5 Å². The lowest BCUT2D eigenvalue weighted by Crippen LogP contribution is -2.33. The molecule has 0 saturated carbocycles.